The average molecular weight is 308 g/mol. The van der Waals surface area contributed by atoms with E-state index in [1.807, 2.05) is 24.3 Å². The van der Waals surface area contributed by atoms with E-state index in [1.54, 1.807) is 11.8 Å². The summed E-state index contributed by atoms with van der Waals surface area (Å²) in [6.45, 7) is 1.45. The first kappa shape index (κ1) is 14.6. The molecule has 0 spiro atoms. The van der Waals surface area contributed by atoms with Crippen LogP contribution in [0.5, 0.6) is 0 Å². The molecule has 0 bridgehead atoms. The normalized spacial score (nSPS) is 17.9. The van der Waals surface area contributed by atoms with Crippen LogP contribution in [-0.2, 0) is 4.79 Å². The number of carbonyl (C=O) groups excluding carboxylic acids is 1. The van der Waals surface area contributed by atoms with Gasteiger partial charge in [-0.3, -0.25) is 4.79 Å². The van der Waals surface area contributed by atoms with Gasteiger partial charge in [0.25, 0.3) is 0 Å². The molecule has 110 valence electrons. The van der Waals surface area contributed by atoms with Crippen LogP contribution in [0.4, 0.5) is 5.69 Å². The number of rotatable bonds is 1. The molecule has 0 unspecified atom stereocenters. The number of hydrogen-bond donors (Lipinski definition) is 0. The minimum atomic E-state index is -0.180. The molecule has 2 aliphatic rings. The number of nitrogens with zero attached hydrogens (tertiary/aromatic N) is 2. The third-order valence-corrected chi connectivity index (χ3v) is 4.55. The predicted octanol–water partition coefficient (Wildman–Crippen LogP) is 4.11. The van der Waals surface area contributed by atoms with E-state index in [0.717, 1.165) is 5.57 Å². The van der Waals surface area contributed by atoms with E-state index in [-0.39, 0.29) is 5.91 Å². The third-order valence-electron chi connectivity index (χ3n) is 3.37. The van der Waals surface area contributed by atoms with Gasteiger partial charge in [0.2, 0.25) is 5.91 Å². The number of allylic oxidation sites excluding steroid dienone is 7. The summed E-state index contributed by atoms with van der Waals surface area (Å²) >= 11 is 1.77. The molecule has 1 aliphatic heterocycles. The van der Waals surface area contributed by atoms with Crippen LogP contribution in [0.2, 0.25) is 0 Å². The summed E-state index contributed by atoms with van der Waals surface area (Å²) in [7, 11) is 2.08. The van der Waals surface area contributed by atoms with E-state index in [2.05, 4.69) is 53.4 Å². The van der Waals surface area contributed by atoms with E-state index in [9.17, 15) is 4.79 Å². The van der Waals surface area contributed by atoms with Crippen molar-refractivity contribution < 1.29 is 4.79 Å². The van der Waals surface area contributed by atoms with Crippen LogP contribution >= 0.6 is 11.8 Å². The van der Waals surface area contributed by atoms with Crippen molar-refractivity contribution in [2.45, 2.75) is 11.8 Å². The van der Waals surface area contributed by atoms with E-state index in [4.69, 9.17) is 0 Å². The second-order valence-electron chi connectivity index (χ2n) is 5.02. The summed E-state index contributed by atoms with van der Waals surface area (Å²) in [5, 5.41) is 1.19. The topological polar surface area (TPSA) is 32.7 Å². The Kier molecular flexibility index (Phi) is 4.11. The van der Waals surface area contributed by atoms with Gasteiger partial charge in [0.1, 0.15) is 0 Å². The lowest BCUT2D eigenvalue weighted by atomic mass is 10.1. The Morgan fingerprint density at radius 2 is 1.86 bits per heavy atom. The highest BCUT2D eigenvalue weighted by atomic mass is 32.2. The number of benzene rings is 1. The highest BCUT2D eigenvalue weighted by molar-refractivity contribution is 8.03. The largest absolute Gasteiger partial charge is 0.338 e. The van der Waals surface area contributed by atoms with Gasteiger partial charge in [-0.05, 0) is 35.9 Å². The Hall–Kier alpha value is -2.33. The first-order valence-corrected chi connectivity index (χ1v) is 7.83. The van der Waals surface area contributed by atoms with E-state index in [0.29, 0.717) is 5.71 Å². The summed E-state index contributed by atoms with van der Waals surface area (Å²) in [5.74, 6) is -0.180. The minimum absolute atomic E-state index is 0.180. The lowest BCUT2D eigenvalue weighted by molar-refractivity contribution is -0.115. The van der Waals surface area contributed by atoms with Gasteiger partial charge in [0, 0.05) is 18.9 Å². The summed E-state index contributed by atoms with van der Waals surface area (Å²) in [4.78, 5) is 18.3. The Labute approximate surface area is 134 Å². The van der Waals surface area contributed by atoms with Gasteiger partial charge in [-0.2, -0.15) is 0 Å². The third kappa shape index (κ3) is 3.12. The molecule has 22 heavy (non-hydrogen) atoms. The minimum Gasteiger partial charge on any atom is -0.338 e. The number of thioether (sulfide) groups is 1. The van der Waals surface area contributed by atoms with Gasteiger partial charge in [0.05, 0.1) is 16.4 Å². The lowest BCUT2D eigenvalue weighted by Crippen LogP contribution is -2.09. The maximum Gasteiger partial charge on any atom is 0.243 e. The van der Waals surface area contributed by atoms with Gasteiger partial charge in [-0.25, -0.2) is 4.99 Å². The number of aliphatic imine (C=N–C) groups is 1. The Bertz CT molecular complexity index is 751. The molecule has 0 fully saturated rings. The van der Waals surface area contributed by atoms with Crippen molar-refractivity contribution in [3.05, 3.63) is 71.3 Å². The molecule has 4 heteroatoms. The summed E-state index contributed by atoms with van der Waals surface area (Å²) in [5.41, 5.74) is 3.01. The number of fused-ring (bicyclic) bond motifs is 1. The smallest absolute Gasteiger partial charge is 0.243 e. The highest BCUT2D eigenvalue weighted by Gasteiger charge is 2.20. The molecular weight excluding hydrogens is 292 g/mol. The van der Waals surface area contributed by atoms with E-state index in [1.165, 1.54) is 22.5 Å². The molecule has 1 aromatic rings. The average Bonchev–Trinajstić information content (AvgIpc) is 2.83. The molecule has 1 aliphatic carbocycles. The van der Waals surface area contributed by atoms with Crippen LogP contribution in [0.15, 0.2) is 81.2 Å². The molecule has 0 radical (unpaired) electrons. The van der Waals surface area contributed by atoms with Crippen LogP contribution in [0.3, 0.4) is 0 Å². The fraction of sp³-hybridized carbons (Fsp3) is 0.111. The summed E-state index contributed by atoms with van der Waals surface area (Å²) in [6, 6.07) is 8.37. The lowest BCUT2D eigenvalue weighted by Gasteiger charge is -2.12. The van der Waals surface area contributed by atoms with Gasteiger partial charge < -0.3 is 4.90 Å². The first-order chi connectivity index (χ1) is 10.6. The Morgan fingerprint density at radius 1 is 1.14 bits per heavy atom. The molecule has 0 N–H and O–H groups in total. The maximum atomic E-state index is 10.9. The van der Waals surface area contributed by atoms with Crippen molar-refractivity contribution >= 4 is 29.1 Å². The summed E-state index contributed by atoms with van der Waals surface area (Å²) in [6.07, 6.45) is 11.8. The van der Waals surface area contributed by atoms with Gasteiger partial charge >= 0.3 is 0 Å². The molecule has 3 rings (SSSR count). The Morgan fingerprint density at radius 3 is 2.55 bits per heavy atom. The van der Waals surface area contributed by atoms with Crippen molar-refractivity contribution in [2.75, 3.05) is 11.9 Å². The van der Waals surface area contributed by atoms with Gasteiger partial charge in [-0.1, -0.05) is 42.1 Å². The van der Waals surface area contributed by atoms with Gasteiger partial charge in [-0.15, -0.1) is 0 Å². The van der Waals surface area contributed by atoms with Crippen LogP contribution in [-0.4, -0.2) is 18.7 Å². The quantitative estimate of drug-likeness (QED) is 0.782. The van der Waals surface area contributed by atoms with Crippen LogP contribution in [0.25, 0.3) is 0 Å². The second-order valence-corrected chi connectivity index (χ2v) is 6.08. The molecule has 3 nitrogen and oxygen atoms in total. The molecule has 1 heterocycles. The zero-order chi connectivity index (χ0) is 15.5. The molecule has 0 saturated carbocycles. The van der Waals surface area contributed by atoms with Crippen molar-refractivity contribution in [3.63, 3.8) is 0 Å². The SMILES string of the molecule is CC(=O)N=C1C=CC(=C/C=C2/Sc3ccccc3N2C)C=C1. The zero-order valence-corrected chi connectivity index (χ0v) is 13.3. The molecule has 0 atom stereocenters. The fourth-order valence-electron chi connectivity index (χ4n) is 2.28. The zero-order valence-electron chi connectivity index (χ0n) is 12.5. The van der Waals surface area contributed by atoms with Crippen LogP contribution in [0, 0.1) is 0 Å². The van der Waals surface area contributed by atoms with Crippen molar-refractivity contribution in [2.24, 2.45) is 4.99 Å². The number of carbonyl (C=O) groups is 1. The van der Waals surface area contributed by atoms with E-state index < -0.39 is 0 Å². The molecule has 0 saturated heterocycles. The van der Waals surface area contributed by atoms with Crippen molar-refractivity contribution in [3.8, 4) is 0 Å². The highest BCUT2D eigenvalue weighted by Crippen LogP contribution is 2.44. The van der Waals surface area contributed by atoms with Crippen LogP contribution in [0.1, 0.15) is 6.92 Å². The second kappa shape index (κ2) is 6.20. The van der Waals surface area contributed by atoms with Crippen molar-refractivity contribution in [1.29, 1.82) is 0 Å². The predicted molar refractivity (Wildman–Crippen MR) is 93.3 cm³/mol. The maximum absolute atomic E-state index is 10.9. The molecule has 1 aromatic carbocycles. The summed E-state index contributed by atoms with van der Waals surface area (Å²) < 4.78 is 0. The molecule has 0 aromatic heterocycles. The molecular formula is C18H16N2OS. The number of para-hydroxylation sites is 1. The van der Waals surface area contributed by atoms with Crippen LogP contribution < -0.4 is 4.90 Å². The number of hydrogen-bond acceptors (Lipinski definition) is 3. The Balaban J connectivity index is 1.76. The fourth-order valence-corrected chi connectivity index (χ4v) is 3.33. The van der Waals surface area contributed by atoms with Crippen molar-refractivity contribution in [1.82, 2.24) is 0 Å². The monoisotopic (exact) mass is 308 g/mol. The number of anilines is 1. The molecule has 1 amide bonds. The van der Waals surface area contributed by atoms with E-state index >= 15 is 0 Å². The number of amides is 1. The first-order valence-electron chi connectivity index (χ1n) is 7.01. The standard InChI is InChI=1S/C18H16N2OS/c1-13(21)19-15-10-7-14(8-11-15)9-12-18-20(2)16-5-3-4-6-17(16)22-18/h3-12H,1-2H3/b14-9?,18-12+,19-15?. The van der Waals surface area contributed by atoms with Gasteiger partial charge in [0.15, 0.2) is 0 Å².